The maximum Gasteiger partial charge on any atom is 0.186 e. The monoisotopic (exact) mass is 1020 g/mol. The normalized spacial score (nSPS) is 24.0. The molecule has 3 aliphatic rings. The average molecular weight is 1020 g/mol. The predicted octanol–water partition coefficient (Wildman–Crippen LogP) is 8.68. The molecule has 2 aliphatic carbocycles. The van der Waals surface area contributed by atoms with Gasteiger partial charge in [0.05, 0.1) is 42.7 Å². The Labute approximate surface area is 429 Å². The third-order valence-electron chi connectivity index (χ3n) is 15.5. The van der Waals surface area contributed by atoms with Crippen LogP contribution in [0.1, 0.15) is 94.3 Å². The molecule has 2 fully saturated rings. The summed E-state index contributed by atoms with van der Waals surface area (Å²) in [6.07, 6.45) is 6.70. The first-order valence-electron chi connectivity index (χ1n) is 25.3. The number of rotatable bonds is 14. The van der Waals surface area contributed by atoms with E-state index >= 15 is 4.79 Å². The van der Waals surface area contributed by atoms with Gasteiger partial charge in [0.25, 0.3) is 0 Å². The van der Waals surface area contributed by atoms with Crippen LogP contribution in [0.25, 0.3) is 10.8 Å². The third kappa shape index (κ3) is 10.5. The van der Waals surface area contributed by atoms with E-state index in [1.807, 2.05) is 36.4 Å². The highest BCUT2D eigenvalue weighted by Crippen LogP contribution is 2.52. The number of aromatic nitrogens is 1. The Bertz CT molecular complexity index is 2830. The number of methoxy groups -OCH3 is 1. The zero-order chi connectivity index (χ0) is 50.5. The molecule has 6 aromatic rings. The number of aryl methyl sites for hydroxylation is 1. The van der Waals surface area contributed by atoms with Gasteiger partial charge in [-0.25, -0.2) is 0 Å². The highest BCUT2D eigenvalue weighted by Gasteiger charge is 2.58. The summed E-state index contributed by atoms with van der Waals surface area (Å²) in [6.45, 7) is 1.79. The number of aromatic hydroxyl groups is 2. The fraction of sp³-hybridized carbons (Fsp3) is 0.431. The molecule has 1 aliphatic heterocycles. The molecule has 0 saturated heterocycles. The minimum Gasteiger partial charge on any atom is -0.670 e. The number of aliphatic hydroxyl groups excluding tert-OH is 4. The Morgan fingerprint density at radius 2 is 1.74 bits per heavy atom. The van der Waals surface area contributed by atoms with E-state index in [1.54, 1.807) is 50.8 Å². The van der Waals surface area contributed by atoms with E-state index in [0.717, 1.165) is 76.3 Å². The largest absolute Gasteiger partial charge is 0.670 e. The molecular weight excluding hydrogens is 949 g/mol. The van der Waals surface area contributed by atoms with Crippen LogP contribution in [0.2, 0.25) is 0 Å². The topological polar surface area (TPSA) is 192 Å². The average Bonchev–Trinajstić information content (AvgIpc) is 4.10. The molecule has 0 radical (unpaired) electrons. The summed E-state index contributed by atoms with van der Waals surface area (Å²) >= 11 is 0. The van der Waals surface area contributed by atoms with Crippen molar-refractivity contribution in [2.24, 2.45) is 17.8 Å². The molecular formula is C58H67N2O10S2-. The van der Waals surface area contributed by atoms with Crippen LogP contribution < -0.4 is 24.5 Å². The minimum absolute atomic E-state index is 0.000922. The van der Waals surface area contributed by atoms with Crippen molar-refractivity contribution < 1.29 is 49.6 Å². The maximum atomic E-state index is 16.6. The fourth-order valence-electron chi connectivity index (χ4n) is 12.0. The second-order valence-electron chi connectivity index (χ2n) is 19.9. The van der Waals surface area contributed by atoms with E-state index in [0.29, 0.717) is 65.5 Å². The van der Waals surface area contributed by atoms with Crippen molar-refractivity contribution >= 4 is 38.1 Å². The number of carbonyl (C=O) groups is 1. The quantitative estimate of drug-likeness (QED) is 0.0405. The van der Waals surface area contributed by atoms with E-state index in [2.05, 4.69) is 41.5 Å². The van der Waals surface area contributed by atoms with Gasteiger partial charge in [-0.05, 0) is 157 Å². The van der Waals surface area contributed by atoms with Crippen molar-refractivity contribution in [1.82, 2.24) is 10.3 Å². The first-order chi connectivity index (χ1) is 35.0. The fourth-order valence-corrected chi connectivity index (χ4v) is 14.9. The number of nitrogens with zero attached hydrogens (tertiary/aromatic N) is 1. The number of aliphatic hydroxyl groups is 4. The van der Waals surface area contributed by atoms with Gasteiger partial charge in [-0.1, -0.05) is 88.7 Å². The van der Waals surface area contributed by atoms with Crippen LogP contribution in [0.3, 0.4) is 0 Å². The van der Waals surface area contributed by atoms with Crippen LogP contribution in [0.15, 0.2) is 97.3 Å². The number of phenols is 2. The zero-order valence-corrected chi connectivity index (χ0v) is 42.9. The summed E-state index contributed by atoms with van der Waals surface area (Å²) in [5.74, 6) is -1.04. The number of ketones is 1. The number of hydrogen-bond donors (Lipinski definition) is 7. The number of carbonyl (C=O) groups excluding carboxylic acids is 1. The SMILES string of the molecule is CCc1ccc2cccc3c2c1Cc1c(ccc(O)c1OC)C[C@@H](Cc1cc[n-]c1)[C@H](O)[C@@H]1C(=O)[C@](Cc2ccc(OCO)c(OC4CCCC4)c2)(c2cc(O)cc(CNC)c2)[C@@H](O)C[C@H]1CSS[C@H]3CO. The van der Waals surface area contributed by atoms with E-state index in [9.17, 15) is 30.6 Å². The molecule has 5 aromatic carbocycles. The molecule has 0 unspecified atom stereocenters. The van der Waals surface area contributed by atoms with Gasteiger partial charge in [-0.15, -0.1) is 0 Å². The van der Waals surface area contributed by atoms with E-state index in [-0.39, 0.29) is 48.1 Å². The van der Waals surface area contributed by atoms with E-state index in [4.69, 9.17) is 14.2 Å². The minimum atomic E-state index is -1.67. The molecule has 0 bridgehead atoms. The second-order valence-corrected chi connectivity index (χ2v) is 22.5. The molecule has 14 heteroatoms. The number of fused-ring (bicyclic) bond motifs is 2. The lowest BCUT2D eigenvalue weighted by Crippen LogP contribution is -2.61. The first-order valence-corrected chi connectivity index (χ1v) is 27.7. The second kappa shape index (κ2) is 22.9. The van der Waals surface area contributed by atoms with Gasteiger partial charge in [-0.3, -0.25) is 4.79 Å². The first kappa shape index (κ1) is 51.7. The van der Waals surface area contributed by atoms with Gasteiger partial charge in [0.1, 0.15) is 5.75 Å². The lowest BCUT2D eigenvalue weighted by molar-refractivity contribution is -0.149. The van der Waals surface area contributed by atoms with Gasteiger partial charge in [-0.2, -0.15) is 12.4 Å². The van der Waals surface area contributed by atoms with Crippen molar-refractivity contribution in [3.8, 4) is 28.7 Å². The van der Waals surface area contributed by atoms with Crippen LogP contribution in [0.5, 0.6) is 28.7 Å². The molecule has 72 heavy (non-hydrogen) atoms. The molecule has 0 amide bonds. The van der Waals surface area contributed by atoms with Crippen LogP contribution in [0.4, 0.5) is 0 Å². The molecule has 7 N–H and O–H groups in total. The molecule has 2 heterocycles. The summed E-state index contributed by atoms with van der Waals surface area (Å²) < 4.78 is 18.2. The van der Waals surface area contributed by atoms with Crippen LogP contribution in [-0.2, 0) is 48.9 Å². The molecule has 9 rings (SSSR count). The van der Waals surface area contributed by atoms with Crippen LogP contribution in [0, 0.1) is 17.8 Å². The van der Waals surface area contributed by atoms with Crippen molar-refractivity contribution in [1.29, 1.82) is 0 Å². The third-order valence-corrected chi connectivity index (χ3v) is 18.4. The van der Waals surface area contributed by atoms with Crippen LogP contribution >= 0.6 is 21.6 Å². The Hall–Kier alpha value is -5.19. The Kier molecular flexibility index (Phi) is 16.5. The Morgan fingerprint density at radius 3 is 2.47 bits per heavy atom. The van der Waals surface area contributed by atoms with Gasteiger partial charge < -0.3 is 55.2 Å². The molecule has 2 saturated carbocycles. The van der Waals surface area contributed by atoms with Crippen molar-refractivity contribution in [3.63, 3.8) is 0 Å². The molecule has 12 nitrogen and oxygen atoms in total. The number of hydrogen-bond acceptors (Lipinski definition) is 13. The number of ether oxygens (including phenoxy) is 3. The Morgan fingerprint density at radius 1 is 0.903 bits per heavy atom. The van der Waals surface area contributed by atoms with Crippen molar-refractivity contribution in [3.05, 3.63) is 147 Å². The number of phenolic OH excluding ortho intramolecular Hbond substituents is 2. The highest BCUT2D eigenvalue weighted by molar-refractivity contribution is 8.76. The maximum absolute atomic E-state index is 16.6. The number of nitrogens with one attached hydrogen (secondary N) is 1. The predicted molar refractivity (Wildman–Crippen MR) is 283 cm³/mol. The summed E-state index contributed by atoms with van der Waals surface area (Å²) in [7, 11) is 6.41. The lowest BCUT2D eigenvalue weighted by Gasteiger charge is -2.49. The van der Waals surface area contributed by atoms with E-state index in [1.165, 1.54) is 21.6 Å². The van der Waals surface area contributed by atoms with E-state index < -0.39 is 42.2 Å². The van der Waals surface area contributed by atoms with Gasteiger partial charge in [0, 0.05) is 30.2 Å². The summed E-state index contributed by atoms with van der Waals surface area (Å²) in [4.78, 5) is 21.0. The van der Waals surface area contributed by atoms with Gasteiger partial charge in [0.15, 0.2) is 35.6 Å². The summed E-state index contributed by atoms with van der Waals surface area (Å²) in [5.41, 5.74) is 5.82. The smallest absolute Gasteiger partial charge is 0.186 e. The van der Waals surface area contributed by atoms with Gasteiger partial charge >= 0.3 is 0 Å². The molecule has 1 aromatic heterocycles. The molecule has 382 valence electrons. The summed E-state index contributed by atoms with van der Waals surface area (Å²) in [6, 6.07) is 26.4. The zero-order valence-electron chi connectivity index (χ0n) is 41.3. The number of benzene rings is 5. The van der Waals surface area contributed by atoms with Crippen molar-refractivity contribution in [2.45, 2.75) is 107 Å². The van der Waals surface area contributed by atoms with Gasteiger partial charge in [0.2, 0.25) is 0 Å². The lowest BCUT2D eigenvalue weighted by atomic mass is 9.55. The number of Topliss-reactive ketones (excluding diaryl/α,β-unsaturated/α-hetero) is 1. The summed E-state index contributed by atoms with van der Waals surface area (Å²) in [5, 5.41) is 75.4. The Balaban J connectivity index is 1.23. The molecule has 0 spiro atoms. The highest BCUT2D eigenvalue weighted by atomic mass is 33.1. The van der Waals surface area contributed by atoms with Crippen molar-refractivity contribution in [2.75, 3.05) is 33.3 Å². The standard InChI is InChI=1S/C58H67N2O10S2/c1-4-37-13-14-38-8-7-11-45-51(31-61)72-71-32-41-25-52(65)58(42-21-36(29-59-2)22-43(63)26-42,28-34-12-17-49(69-33-62)50(23-34)70-44-9-5-6-10-44)57(67)54(41)55(66)40(20-35-18-19-60-30-35)24-39-15-16-48(64)56(68-3)47(39)27-46(37)53(38)45/h7-8,11-19,21-23,26,30,40-41,44,51-52,54-55,59,61-66H,4-6,9-10,20,24-25,27-29,31-33H2,1-3H3/q-1/t40-,41+,51+,52+,54-,55+,58-/m1/s1. The molecule has 7 atom stereocenters. The van der Waals surface area contributed by atoms with Crippen LogP contribution in [-0.4, -0.2) is 88.0 Å².